The number of thiophene rings is 1. The van der Waals surface area contributed by atoms with Gasteiger partial charge in [-0.2, -0.15) is 0 Å². The number of aromatic nitrogens is 1. The molecule has 2 rings (SSSR count). The Labute approximate surface area is 110 Å². The van der Waals surface area contributed by atoms with E-state index in [0.29, 0.717) is 15.7 Å². The Morgan fingerprint density at radius 1 is 1.50 bits per heavy atom. The topological polar surface area (TPSA) is 42.0 Å². The molecule has 2 heterocycles. The lowest BCUT2D eigenvalue weighted by atomic mass is 10.4. The summed E-state index contributed by atoms with van der Waals surface area (Å²) in [5.74, 6) is 0.233. The first-order valence-electron chi connectivity index (χ1n) is 4.33. The van der Waals surface area contributed by atoms with Gasteiger partial charge in [0.2, 0.25) is 0 Å². The molecule has 0 aliphatic rings. The van der Waals surface area contributed by atoms with Crippen LogP contribution in [0, 0.1) is 0 Å². The molecule has 0 unspecified atom stereocenters. The minimum absolute atomic E-state index is 0.251. The van der Waals surface area contributed by atoms with Crippen molar-refractivity contribution in [2.24, 2.45) is 0 Å². The van der Waals surface area contributed by atoms with Crippen molar-refractivity contribution in [1.82, 2.24) is 4.98 Å². The normalized spacial score (nSPS) is 10.1. The van der Waals surface area contributed by atoms with E-state index in [2.05, 4.69) is 26.2 Å². The predicted octanol–water partition coefficient (Wildman–Crippen LogP) is 3.81. The van der Waals surface area contributed by atoms with Crippen LogP contribution in [0.2, 0.25) is 5.02 Å². The average molecular weight is 318 g/mol. The predicted molar refractivity (Wildman–Crippen MR) is 69.2 cm³/mol. The fourth-order valence-electron chi connectivity index (χ4n) is 1.10. The lowest BCUT2D eigenvalue weighted by molar-refractivity contribution is 0.103. The highest BCUT2D eigenvalue weighted by molar-refractivity contribution is 9.10. The number of carbonyl (C=O) groups excluding carboxylic acids is 1. The van der Waals surface area contributed by atoms with Crippen molar-refractivity contribution in [3.63, 3.8) is 0 Å². The molecule has 82 valence electrons. The quantitative estimate of drug-likeness (QED) is 0.915. The van der Waals surface area contributed by atoms with Gasteiger partial charge in [-0.05, 0) is 39.5 Å². The number of anilines is 1. The Morgan fingerprint density at radius 3 is 2.94 bits per heavy atom. The second kappa shape index (κ2) is 4.95. The van der Waals surface area contributed by atoms with Gasteiger partial charge in [0.15, 0.2) is 0 Å². The summed E-state index contributed by atoms with van der Waals surface area (Å²) in [7, 11) is 0. The van der Waals surface area contributed by atoms with Crippen molar-refractivity contribution in [2.45, 2.75) is 0 Å². The number of carbonyl (C=O) groups is 1. The minimum Gasteiger partial charge on any atom is -0.305 e. The van der Waals surface area contributed by atoms with E-state index in [1.54, 1.807) is 29.8 Å². The summed E-state index contributed by atoms with van der Waals surface area (Å²) in [6.07, 6.45) is 1.61. The van der Waals surface area contributed by atoms with Crippen molar-refractivity contribution in [1.29, 1.82) is 0 Å². The number of halogens is 2. The van der Waals surface area contributed by atoms with E-state index < -0.39 is 0 Å². The Hall–Kier alpha value is -0.910. The lowest BCUT2D eigenvalue weighted by Crippen LogP contribution is -2.12. The van der Waals surface area contributed by atoms with Gasteiger partial charge < -0.3 is 5.32 Å². The van der Waals surface area contributed by atoms with E-state index in [4.69, 9.17) is 11.6 Å². The standard InChI is InChI=1S/C10H6BrClN2OS/c11-6-2-1-4-13-9(6)14-10(15)8-7(12)3-5-16-8/h1-5H,(H,13,14,15). The molecule has 6 heteroatoms. The van der Waals surface area contributed by atoms with Crippen LogP contribution in [-0.2, 0) is 0 Å². The molecule has 0 bridgehead atoms. The molecular weight excluding hydrogens is 312 g/mol. The summed E-state index contributed by atoms with van der Waals surface area (Å²) < 4.78 is 0.732. The first kappa shape index (κ1) is 11.6. The Kier molecular flexibility index (Phi) is 3.58. The number of pyridine rings is 1. The smallest absolute Gasteiger partial charge is 0.268 e. The van der Waals surface area contributed by atoms with Gasteiger partial charge in [0.25, 0.3) is 5.91 Å². The van der Waals surface area contributed by atoms with Crippen LogP contribution in [0.3, 0.4) is 0 Å². The van der Waals surface area contributed by atoms with Crippen LogP contribution in [0.4, 0.5) is 5.82 Å². The maximum atomic E-state index is 11.8. The van der Waals surface area contributed by atoms with Gasteiger partial charge in [-0.1, -0.05) is 11.6 Å². The monoisotopic (exact) mass is 316 g/mol. The Morgan fingerprint density at radius 2 is 2.31 bits per heavy atom. The highest BCUT2D eigenvalue weighted by Gasteiger charge is 2.13. The average Bonchev–Trinajstić information content (AvgIpc) is 2.68. The first-order valence-corrected chi connectivity index (χ1v) is 6.38. The van der Waals surface area contributed by atoms with Gasteiger partial charge in [0, 0.05) is 6.20 Å². The van der Waals surface area contributed by atoms with Gasteiger partial charge in [0.05, 0.1) is 9.50 Å². The van der Waals surface area contributed by atoms with Crippen molar-refractivity contribution >= 4 is 50.6 Å². The molecule has 16 heavy (non-hydrogen) atoms. The summed E-state index contributed by atoms with van der Waals surface area (Å²) in [6.45, 7) is 0. The summed E-state index contributed by atoms with van der Waals surface area (Å²) in [6, 6.07) is 5.27. The molecule has 0 aliphatic carbocycles. The van der Waals surface area contributed by atoms with E-state index >= 15 is 0 Å². The zero-order chi connectivity index (χ0) is 11.5. The van der Waals surface area contributed by atoms with E-state index in [9.17, 15) is 4.79 Å². The van der Waals surface area contributed by atoms with E-state index in [1.165, 1.54) is 11.3 Å². The molecule has 0 radical (unpaired) electrons. The van der Waals surface area contributed by atoms with Crippen LogP contribution in [0.1, 0.15) is 9.67 Å². The second-order valence-corrected chi connectivity index (χ2v) is 5.06. The number of nitrogens with one attached hydrogen (secondary N) is 1. The Balaban J connectivity index is 2.21. The second-order valence-electron chi connectivity index (χ2n) is 2.89. The summed E-state index contributed by atoms with van der Waals surface area (Å²) >= 11 is 10.5. The van der Waals surface area contributed by atoms with Crippen LogP contribution in [0.15, 0.2) is 34.2 Å². The highest BCUT2D eigenvalue weighted by atomic mass is 79.9. The van der Waals surface area contributed by atoms with Crippen molar-refractivity contribution < 1.29 is 4.79 Å². The van der Waals surface area contributed by atoms with E-state index in [1.807, 2.05) is 0 Å². The molecule has 2 aromatic rings. The number of nitrogens with zero attached hydrogens (tertiary/aromatic N) is 1. The minimum atomic E-state index is -0.251. The lowest BCUT2D eigenvalue weighted by Gasteiger charge is -2.04. The molecule has 0 saturated heterocycles. The SMILES string of the molecule is O=C(Nc1ncccc1Br)c1sccc1Cl. The molecule has 0 aliphatic heterocycles. The van der Waals surface area contributed by atoms with Crippen molar-refractivity contribution in [3.8, 4) is 0 Å². The molecule has 1 N–H and O–H groups in total. The van der Waals surface area contributed by atoms with Crippen molar-refractivity contribution in [3.05, 3.63) is 44.1 Å². The molecule has 0 saturated carbocycles. The Bertz CT molecular complexity index is 529. The maximum Gasteiger partial charge on any atom is 0.268 e. The van der Waals surface area contributed by atoms with Gasteiger partial charge in [-0.3, -0.25) is 4.79 Å². The van der Waals surface area contributed by atoms with Gasteiger partial charge in [-0.15, -0.1) is 11.3 Å². The number of rotatable bonds is 2. The van der Waals surface area contributed by atoms with Crippen LogP contribution in [0.5, 0.6) is 0 Å². The molecule has 2 aromatic heterocycles. The third kappa shape index (κ3) is 2.42. The highest BCUT2D eigenvalue weighted by Crippen LogP contribution is 2.24. The fraction of sp³-hybridized carbons (Fsp3) is 0. The van der Waals surface area contributed by atoms with Crippen LogP contribution < -0.4 is 5.32 Å². The summed E-state index contributed by atoms with van der Waals surface area (Å²) in [5.41, 5.74) is 0. The van der Waals surface area contributed by atoms with Gasteiger partial charge >= 0.3 is 0 Å². The molecule has 0 aromatic carbocycles. The van der Waals surface area contributed by atoms with Gasteiger partial charge in [0.1, 0.15) is 10.7 Å². The van der Waals surface area contributed by atoms with Crippen LogP contribution in [-0.4, -0.2) is 10.9 Å². The van der Waals surface area contributed by atoms with E-state index in [0.717, 1.165) is 4.47 Å². The third-order valence-electron chi connectivity index (χ3n) is 1.81. The first-order chi connectivity index (χ1) is 7.68. The number of hydrogen-bond donors (Lipinski definition) is 1. The molecule has 0 fully saturated rings. The van der Waals surface area contributed by atoms with Crippen molar-refractivity contribution in [2.75, 3.05) is 5.32 Å². The molecule has 0 spiro atoms. The van der Waals surface area contributed by atoms with Gasteiger partial charge in [-0.25, -0.2) is 4.98 Å². The summed E-state index contributed by atoms with van der Waals surface area (Å²) in [5, 5.41) is 4.90. The summed E-state index contributed by atoms with van der Waals surface area (Å²) in [4.78, 5) is 16.3. The number of amides is 1. The fourth-order valence-corrected chi connectivity index (χ4v) is 2.49. The number of hydrogen-bond acceptors (Lipinski definition) is 3. The molecule has 3 nitrogen and oxygen atoms in total. The third-order valence-corrected chi connectivity index (χ3v) is 3.79. The van der Waals surface area contributed by atoms with Crippen LogP contribution >= 0.6 is 38.9 Å². The van der Waals surface area contributed by atoms with Crippen LogP contribution in [0.25, 0.3) is 0 Å². The largest absolute Gasteiger partial charge is 0.305 e. The molecule has 1 amide bonds. The zero-order valence-corrected chi connectivity index (χ0v) is 11.1. The zero-order valence-electron chi connectivity index (χ0n) is 7.91. The maximum absolute atomic E-state index is 11.8. The molecule has 0 atom stereocenters. The molecular formula is C10H6BrClN2OS. The van der Waals surface area contributed by atoms with E-state index in [-0.39, 0.29) is 5.91 Å².